The van der Waals surface area contributed by atoms with Gasteiger partial charge in [-0.3, -0.25) is 9.97 Å². The van der Waals surface area contributed by atoms with Crippen LogP contribution in [0, 0.1) is 0 Å². The zero-order valence-electron chi connectivity index (χ0n) is 8.73. The summed E-state index contributed by atoms with van der Waals surface area (Å²) in [5, 5.41) is 4.05. The van der Waals surface area contributed by atoms with Gasteiger partial charge in [0.25, 0.3) is 0 Å². The Bertz CT molecular complexity index is 445. The number of hydrogen-bond donors (Lipinski definition) is 1. The third-order valence-corrected chi connectivity index (χ3v) is 2.38. The van der Waals surface area contributed by atoms with Crippen LogP contribution in [0.4, 0.5) is 0 Å². The zero-order chi connectivity index (χ0) is 11.2. The van der Waals surface area contributed by atoms with Gasteiger partial charge in [0.1, 0.15) is 0 Å². The van der Waals surface area contributed by atoms with Crippen LogP contribution in [0.25, 0.3) is 0 Å². The van der Waals surface area contributed by atoms with E-state index in [0.29, 0.717) is 6.54 Å². The minimum atomic E-state index is 0.709. The van der Waals surface area contributed by atoms with Crippen LogP contribution in [0.3, 0.4) is 0 Å². The molecule has 1 aromatic carbocycles. The maximum Gasteiger partial charge on any atom is 0.0724 e. The molecule has 0 aliphatic heterocycles. The molecule has 2 rings (SSSR count). The molecular weight excluding hydrogens is 222 g/mol. The Labute approximate surface area is 99.5 Å². The van der Waals surface area contributed by atoms with E-state index >= 15 is 0 Å². The number of halogens is 1. The molecule has 0 aliphatic carbocycles. The first-order chi connectivity index (χ1) is 7.84. The molecule has 4 heteroatoms. The summed E-state index contributed by atoms with van der Waals surface area (Å²) < 4.78 is 0. The summed E-state index contributed by atoms with van der Waals surface area (Å²) in [5.41, 5.74) is 2.10. The average molecular weight is 234 g/mol. The summed E-state index contributed by atoms with van der Waals surface area (Å²) in [4.78, 5) is 8.18. The van der Waals surface area contributed by atoms with Crippen LogP contribution in [-0.4, -0.2) is 9.97 Å². The fraction of sp³-hybridized carbons (Fsp3) is 0.167. The van der Waals surface area contributed by atoms with Crippen molar-refractivity contribution in [2.75, 3.05) is 0 Å². The van der Waals surface area contributed by atoms with Crippen LogP contribution in [-0.2, 0) is 13.1 Å². The molecule has 82 valence electrons. The van der Waals surface area contributed by atoms with Crippen molar-refractivity contribution in [1.82, 2.24) is 15.3 Å². The third kappa shape index (κ3) is 3.29. The van der Waals surface area contributed by atoms with Crippen molar-refractivity contribution >= 4 is 11.6 Å². The Balaban J connectivity index is 1.85. The van der Waals surface area contributed by atoms with Gasteiger partial charge in [-0.15, -0.1) is 0 Å². The van der Waals surface area contributed by atoms with Crippen LogP contribution in [0.15, 0.2) is 42.9 Å². The zero-order valence-corrected chi connectivity index (χ0v) is 9.48. The molecule has 0 amide bonds. The van der Waals surface area contributed by atoms with Gasteiger partial charge in [0.05, 0.1) is 5.69 Å². The fourth-order valence-corrected chi connectivity index (χ4v) is 1.62. The summed E-state index contributed by atoms with van der Waals surface area (Å²) in [6.45, 7) is 1.48. The first kappa shape index (κ1) is 11.0. The van der Waals surface area contributed by atoms with Crippen molar-refractivity contribution in [3.05, 3.63) is 59.1 Å². The van der Waals surface area contributed by atoms with Gasteiger partial charge in [0, 0.05) is 36.7 Å². The van der Waals surface area contributed by atoms with E-state index in [1.165, 1.54) is 0 Å². The highest BCUT2D eigenvalue weighted by molar-refractivity contribution is 6.30. The van der Waals surface area contributed by atoms with Gasteiger partial charge in [-0.2, -0.15) is 0 Å². The van der Waals surface area contributed by atoms with Crippen molar-refractivity contribution in [3.63, 3.8) is 0 Å². The van der Waals surface area contributed by atoms with Crippen LogP contribution < -0.4 is 5.32 Å². The smallest absolute Gasteiger partial charge is 0.0724 e. The van der Waals surface area contributed by atoms with Crippen LogP contribution in [0.2, 0.25) is 5.02 Å². The minimum absolute atomic E-state index is 0.709. The Morgan fingerprint density at radius 1 is 1.19 bits per heavy atom. The van der Waals surface area contributed by atoms with Crippen molar-refractivity contribution in [3.8, 4) is 0 Å². The fourth-order valence-electron chi connectivity index (χ4n) is 1.40. The molecule has 0 spiro atoms. The third-order valence-electron chi connectivity index (χ3n) is 2.14. The molecule has 0 saturated heterocycles. The van der Waals surface area contributed by atoms with Gasteiger partial charge in [-0.05, 0) is 17.7 Å². The van der Waals surface area contributed by atoms with Crippen molar-refractivity contribution < 1.29 is 0 Å². The van der Waals surface area contributed by atoms with Gasteiger partial charge >= 0.3 is 0 Å². The summed E-state index contributed by atoms with van der Waals surface area (Å²) in [6.07, 6.45) is 5.11. The van der Waals surface area contributed by atoms with Crippen molar-refractivity contribution in [2.45, 2.75) is 13.1 Å². The van der Waals surface area contributed by atoms with E-state index in [0.717, 1.165) is 22.8 Å². The van der Waals surface area contributed by atoms with Gasteiger partial charge in [-0.1, -0.05) is 23.7 Å². The molecule has 0 fully saturated rings. The molecule has 0 unspecified atom stereocenters. The molecule has 16 heavy (non-hydrogen) atoms. The minimum Gasteiger partial charge on any atom is -0.307 e. The highest BCUT2D eigenvalue weighted by Crippen LogP contribution is 2.10. The summed E-state index contributed by atoms with van der Waals surface area (Å²) >= 11 is 5.89. The monoisotopic (exact) mass is 233 g/mol. The van der Waals surface area contributed by atoms with Crippen LogP contribution >= 0.6 is 11.6 Å². The first-order valence-corrected chi connectivity index (χ1v) is 5.42. The van der Waals surface area contributed by atoms with E-state index in [1.54, 1.807) is 18.6 Å². The van der Waals surface area contributed by atoms with Crippen molar-refractivity contribution in [1.29, 1.82) is 0 Å². The molecular formula is C12H12ClN3. The van der Waals surface area contributed by atoms with Gasteiger partial charge in [0.2, 0.25) is 0 Å². The molecule has 0 atom stereocenters. The highest BCUT2D eigenvalue weighted by Gasteiger charge is 1.95. The lowest BCUT2D eigenvalue weighted by Crippen LogP contribution is -2.13. The molecule has 0 saturated carbocycles. The summed E-state index contributed by atoms with van der Waals surface area (Å²) in [6, 6.07) is 7.80. The number of aromatic nitrogens is 2. The Hall–Kier alpha value is -1.45. The molecule has 2 aromatic rings. The topological polar surface area (TPSA) is 37.8 Å². The number of benzene rings is 1. The van der Waals surface area contributed by atoms with Crippen LogP contribution in [0.5, 0.6) is 0 Å². The SMILES string of the molecule is Clc1cccc(CNCc2cnccn2)c1. The molecule has 1 N–H and O–H groups in total. The lowest BCUT2D eigenvalue weighted by molar-refractivity contribution is 0.677. The average Bonchev–Trinajstić information content (AvgIpc) is 2.30. The maximum atomic E-state index is 5.89. The second-order valence-corrected chi connectivity index (χ2v) is 3.87. The second kappa shape index (κ2) is 5.58. The van der Waals surface area contributed by atoms with E-state index in [2.05, 4.69) is 15.3 Å². The largest absolute Gasteiger partial charge is 0.307 e. The van der Waals surface area contributed by atoms with Crippen LogP contribution in [0.1, 0.15) is 11.3 Å². The molecule has 0 aliphatic rings. The number of nitrogens with zero attached hydrogens (tertiary/aromatic N) is 2. The van der Waals surface area contributed by atoms with E-state index in [-0.39, 0.29) is 0 Å². The van der Waals surface area contributed by atoms with E-state index in [1.807, 2.05) is 24.3 Å². The van der Waals surface area contributed by atoms with Gasteiger partial charge in [0.15, 0.2) is 0 Å². The van der Waals surface area contributed by atoms with Gasteiger partial charge in [-0.25, -0.2) is 0 Å². The highest BCUT2D eigenvalue weighted by atomic mass is 35.5. The molecule has 1 heterocycles. The normalized spacial score (nSPS) is 10.3. The Kier molecular flexibility index (Phi) is 3.86. The van der Waals surface area contributed by atoms with Crippen molar-refractivity contribution in [2.24, 2.45) is 0 Å². The Morgan fingerprint density at radius 2 is 2.12 bits per heavy atom. The number of rotatable bonds is 4. The standard InChI is InChI=1S/C12H12ClN3/c13-11-3-1-2-10(6-11)7-15-9-12-8-14-4-5-16-12/h1-6,8,15H,7,9H2. The summed E-state index contributed by atoms with van der Waals surface area (Å²) in [5.74, 6) is 0. The molecule has 3 nitrogen and oxygen atoms in total. The molecule has 0 radical (unpaired) electrons. The second-order valence-electron chi connectivity index (χ2n) is 3.43. The number of nitrogens with one attached hydrogen (secondary N) is 1. The first-order valence-electron chi connectivity index (χ1n) is 5.04. The molecule has 1 aromatic heterocycles. The lowest BCUT2D eigenvalue weighted by atomic mass is 10.2. The predicted octanol–water partition coefficient (Wildman–Crippen LogP) is 2.42. The maximum absolute atomic E-state index is 5.89. The number of hydrogen-bond acceptors (Lipinski definition) is 3. The lowest BCUT2D eigenvalue weighted by Gasteiger charge is -2.04. The van der Waals surface area contributed by atoms with Gasteiger partial charge < -0.3 is 5.32 Å². The molecule has 0 bridgehead atoms. The van der Waals surface area contributed by atoms with E-state index < -0.39 is 0 Å². The predicted molar refractivity (Wildman–Crippen MR) is 64.0 cm³/mol. The van der Waals surface area contributed by atoms with E-state index in [9.17, 15) is 0 Å². The van der Waals surface area contributed by atoms with E-state index in [4.69, 9.17) is 11.6 Å². The summed E-state index contributed by atoms with van der Waals surface area (Å²) in [7, 11) is 0. The Morgan fingerprint density at radius 3 is 2.88 bits per heavy atom. The quantitative estimate of drug-likeness (QED) is 0.882.